The zero-order valence-electron chi connectivity index (χ0n) is 16.9. The van der Waals surface area contributed by atoms with Crippen molar-refractivity contribution in [2.75, 3.05) is 24.3 Å². The maximum atomic E-state index is 13.1. The van der Waals surface area contributed by atoms with E-state index in [1.807, 2.05) is 19.1 Å². The highest BCUT2D eigenvalue weighted by molar-refractivity contribution is 6.18. The van der Waals surface area contributed by atoms with Crippen LogP contribution in [0.25, 0.3) is 0 Å². The number of carbonyl (C=O) groups excluding carboxylic acids is 2. The molecule has 0 unspecified atom stereocenters. The predicted molar refractivity (Wildman–Crippen MR) is 116 cm³/mol. The van der Waals surface area contributed by atoms with Gasteiger partial charge in [-0.1, -0.05) is 35.9 Å². The Balaban J connectivity index is 1.96. The summed E-state index contributed by atoms with van der Waals surface area (Å²) in [6, 6.07) is 18.0. The molecule has 0 heterocycles. The fraction of sp³-hybridized carbons (Fsp3) is 0.130. The van der Waals surface area contributed by atoms with Gasteiger partial charge in [0.1, 0.15) is 5.69 Å². The third-order valence-electron chi connectivity index (χ3n) is 4.64. The molecule has 152 valence electrons. The number of hydrogen-bond donors (Lipinski definition) is 1. The van der Waals surface area contributed by atoms with Crippen molar-refractivity contribution in [1.29, 1.82) is 0 Å². The van der Waals surface area contributed by atoms with Crippen LogP contribution in [0.15, 0.2) is 66.7 Å². The normalized spacial score (nSPS) is 10.4. The van der Waals surface area contributed by atoms with Crippen molar-refractivity contribution in [3.05, 3.63) is 99.1 Å². The van der Waals surface area contributed by atoms with E-state index in [1.54, 1.807) is 49.3 Å². The quantitative estimate of drug-likeness (QED) is 0.373. The molecule has 30 heavy (non-hydrogen) atoms. The van der Waals surface area contributed by atoms with Gasteiger partial charge in [0, 0.05) is 37.0 Å². The van der Waals surface area contributed by atoms with E-state index in [2.05, 4.69) is 5.32 Å². The zero-order chi connectivity index (χ0) is 21.8. The van der Waals surface area contributed by atoms with Gasteiger partial charge in [0.15, 0.2) is 5.78 Å². The van der Waals surface area contributed by atoms with Crippen molar-refractivity contribution in [2.24, 2.45) is 0 Å². The second kappa shape index (κ2) is 8.57. The van der Waals surface area contributed by atoms with Crippen LogP contribution in [0.2, 0.25) is 0 Å². The molecule has 0 aromatic heterocycles. The summed E-state index contributed by atoms with van der Waals surface area (Å²) in [5.74, 6) is -0.889. The summed E-state index contributed by atoms with van der Waals surface area (Å²) in [5, 5.41) is 14.2. The Hall–Kier alpha value is -4.00. The molecule has 0 bridgehead atoms. The summed E-state index contributed by atoms with van der Waals surface area (Å²) in [6.45, 7) is 1.94. The topological polar surface area (TPSA) is 92.6 Å². The summed E-state index contributed by atoms with van der Waals surface area (Å²) < 4.78 is 0. The van der Waals surface area contributed by atoms with Crippen LogP contribution in [-0.4, -0.2) is 30.7 Å². The number of nitrogens with zero attached hydrogens (tertiary/aromatic N) is 2. The van der Waals surface area contributed by atoms with E-state index in [0.29, 0.717) is 11.4 Å². The average Bonchev–Trinajstić information content (AvgIpc) is 2.74. The molecule has 0 atom stereocenters. The Morgan fingerprint density at radius 2 is 1.57 bits per heavy atom. The fourth-order valence-corrected chi connectivity index (χ4v) is 3.06. The number of anilines is 2. The molecule has 1 amide bonds. The lowest BCUT2D eigenvalue weighted by Gasteiger charge is -2.14. The number of nitro benzene ring substituents is 1. The first-order valence-corrected chi connectivity index (χ1v) is 9.25. The van der Waals surface area contributed by atoms with Crippen LogP contribution in [0.3, 0.4) is 0 Å². The van der Waals surface area contributed by atoms with Gasteiger partial charge >= 0.3 is 0 Å². The number of nitro groups is 1. The second-order valence-corrected chi connectivity index (χ2v) is 7.05. The number of nitrogens with one attached hydrogen (secondary N) is 1. The highest BCUT2D eigenvalue weighted by Gasteiger charge is 2.22. The molecule has 7 nitrogen and oxygen atoms in total. The molecule has 0 aliphatic rings. The minimum absolute atomic E-state index is 0.142. The first-order chi connectivity index (χ1) is 14.3. The van der Waals surface area contributed by atoms with Crippen LogP contribution in [-0.2, 0) is 0 Å². The Labute approximate surface area is 174 Å². The van der Waals surface area contributed by atoms with Gasteiger partial charge in [0.25, 0.3) is 11.6 Å². The van der Waals surface area contributed by atoms with Crippen LogP contribution in [0, 0.1) is 17.0 Å². The van der Waals surface area contributed by atoms with Crippen molar-refractivity contribution < 1.29 is 14.5 Å². The summed E-state index contributed by atoms with van der Waals surface area (Å²) in [7, 11) is 3.38. The average molecular weight is 403 g/mol. The predicted octanol–water partition coefficient (Wildman–Crippen LogP) is 4.45. The van der Waals surface area contributed by atoms with Crippen LogP contribution in [0.1, 0.15) is 31.8 Å². The van der Waals surface area contributed by atoms with Crippen LogP contribution < -0.4 is 10.2 Å². The first-order valence-electron chi connectivity index (χ1n) is 9.25. The van der Waals surface area contributed by atoms with E-state index < -0.39 is 16.6 Å². The van der Waals surface area contributed by atoms with Crippen molar-refractivity contribution >= 4 is 28.8 Å². The first kappa shape index (κ1) is 20.7. The van der Waals surface area contributed by atoms with Gasteiger partial charge in [-0.25, -0.2) is 0 Å². The van der Waals surface area contributed by atoms with Gasteiger partial charge in [0.05, 0.1) is 10.5 Å². The number of hydrogen-bond acceptors (Lipinski definition) is 5. The third-order valence-corrected chi connectivity index (χ3v) is 4.64. The van der Waals surface area contributed by atoms with Crippen LogP contribution in [0.4, 0.5) is 17.1 Å². The lowest BCUT2D eigenvalue weighted by atomic mass is 9.97. The van der Waals surface area contributed by atoms with Crippen molar-refractivity contribution in [3.63, 3.8) is 0 Å². The molecule has 3 aromatic rings. The largest absolute Gasteiger partial charge is 0.372 e. The van der Waals surface area contributed by atoms with Crippen molar-refractivity contribution in [1.82, 2.24) is 0 Å². The van der Waals surface area contributed by atoms with Gasteiger partial charge in [-0.3, -0.25) is 19.7 Å². The summed E-state index contributed by atoms with van der Waals surface area (Å²) in [6.07, 6.45) is 0. The highest BCUT2D eigenvalue weighted by atomic mass is 16.6. The maximum absolute atomic E-state index is 13.1. The number of aryl methyl sites for hydroxylation is 1. The van der Waals surface area contributed by atoms with Gasteiger partial charge < -0.3 is 10.2 Å². The molecule has 0 aliphatic carbocycles. The minimum Gasteiger partial charge on any atom is -0.372 e. The molecule has 0 fully saturated rings. The van der Waals surface area contributed by atoms with Gasteiger partial charge in [-0.05, 0) is 37.3 Å². The Bertz CT molecular complexity index is 1120. The third kappa shape index (κ3) is 4.35. The highest BCUT2D eigenvalue weighted by Crippen LogP contribution is 2.29. The van der Waals surface area contributed by atoms with E-state index in [0.717, 1.165) is 5.56 Å². The van der Waals surface area contributed by atoms with E-state index in [4.69, 9.17) is 0 Å². The molecule has 0 radical (unpaired) electrons. The van der Waals surface area contributed by atoms with Crippen LogP contribution in [0.5, 0.6) is 0 Å². The Morgan fingerprint density at radius 1 is 0.933 bits per heavy atom. The number of ketones is 1. The Kier molecular flexibility index (Phi) is 5.92. The summed E-state index contributed by atoms with van der Waals surface area (Å²) >= 11 is 0. The molecule has 1 N–H and O–H groups in total. The molecule has 0 aliphatic heterocycles. The molecule has 7 heteroatoms. The monoisotopic (exact) mass is 403 g/mol. The van der Waals surface area contributed by atoms with Gasteiger partial charge in [0.2, 0.25) is 0 Å². The molecule has 3 aromatic carbocycles. The Morgan fingerprint density at radius 3 is 2.17 bits per heavy atom. The van der Waals surface area contributed by atoms with Gasteiger partial charge in [-0.15, -0.1) is 0 Å². The number of amides is 1. The molecule has 0 saturated carbocycles. The summed E-state index contributed by atoms with van der Waals surface area (Å²) in [5.41, 5.74) is 2.40. The zero-order valence-corrected chi connectivity index (χ0v) is 16.9. The molecular formula is C23H21N3O4. The second-order valence-electron chi connectivity index (χ2n) is 7.05. The molecular weight excluding hydrogens is 382 g/mol. The lowest BCUT2D eigenvalue weighted by Crippen LogP contribution is -2.17. The SMILES string of the molecule is Cc1ccc(NC(=O)c2ccccc2C(=O)c2ccc(N(C)C)c([N+](=O)[O-])c2)cc1. The lowest BCUT2D eigenvalue weighted by molar-refractivity contribution is -0.384. The number of rotatable bonds is 6. The smallest absolute Gasteiger partial charge is 0.293 e. The van der Waals surface area contributed by atoms with E-state index >= 15 is 0 Å². The standard InChI is InChI=1S/C23H21N3O4/c1-15-8-11-17(12-9-15)24-23(28)19-7-5-4-6-18(19)22(27)16-10-13-20(25(2)3)21(14-16)26(29)30/h4-14H,1-3H3,(H,24,28). The van der Waals surface area contributed by atoms with Crippen molar-refractivity contribution in [2.45, 2.75) is 6.92 Å². The molecule has 0 spiro atoms. The van der Waals surface area contributed by atoms with E-state index in [-0.39, 0.29) is 22.4 Å². The molecule has 3 rings (SSSR count). The maximum Gasteiger partial charge on any atom is 0.293 e. The van der Waals surface area contributed by atoms with Crippen LogP contribution >= 0.6 is 0 Å². The summed E-state index contributed by atoms with van der Waals surface area (Å²) in [4.78, 5) is 38.4. The number of carbonyl (C=O) groups is 2. The van der Waals surface area contributed by atoms with Crippen molar-refractivity contribution in [3.8, 4) is 0 Å². The van der Waals surface area contributed by atoms with E-state index in [1.165, 1.54) is 24.3 Å². The van der Waals surface area contributed by atoms with E-state index in [9.17, 15) is 19.7 Å². The number of benzene rings is 3. The minimum atomic E-state index is -0.526. The molecule has 0 saturated heterocycles. The fourth-order valence-electron chi connectivity index (χ4n) is 3.06. The van der Waals surface area contributed by atoms with Gasteiger partial charge in [-0.2, -0.15) is 0 Å².